The lowest BCUT2D eigenvalue weighted by atomic mass is 9.91. The highest BCUT2D eigenvalue weighted by Crippen LogP contribution is 2.38. The third-order valence-electron chi connectivity index (χ3n) is 4.66. The molecule has 2 aromatic carbocycles. The van der Waals surface area contributed by atoms with Crippen molar-refractivity contribution in [1.29, 1.82) is 0 Å². The monoisotopic (exact) mass is 433 g/mol. The molecule has 0 aliphatic carbocycles. The molecule has 30 heavy (non-hydrogen) atoms. The van der Waals surface area contributed by atoms with E-state index in [9.17, 15) is 17.2 Å². The third kappa shape index (κ3) is 3.63. The molecular formula is C19H17F2N5O3S. The Morgan fingerprint density at radius 3 is 2.63 bits per heavy atom. The zero-order chi connectivity index (χ0) is 21.5. The molecule has 1 aliphatic heterocycles. The molecule has 0 radical (unpaired) electrons. The molecule has 8 nitrogen and oxygen atoms in total. The number of hydrogen-bond donors (Lipinski definition) is 2. The van der Waals surface area contributed by atoms with Gasteiger partial charge < -0.3 is 9.84 Å². The van der Waals surface area contributed by atoms with E-state index < -0.39 is 27.6 Å². The average Bonchev–Trinajstić information content (AvgIpc) is 3.11. The molecule has 2 N–H and O–H groups in total. The largest absolute Gasteiger partial charge is 0.337 e. The van der Waals surface area contributed by atoms with Gasteiger partial charge in [0.25, 0.3) is 10.0 Å². The molecule has 1 aromatic heterocycles. The lowest BCUT2D eigenvalue weighted by molar-refractivity contribution is 0.376. The first-order chi connectivity index (χ1) is 14.3. The average molecular weight is 433 g/mol. The number of halogens is 2. The van der Waals surface area contributed by atoms with E-state index in [0.29, 0.717) is 5.82 Å². The number of aliphatic imine (C=N–C) groups is 1. The van der Waals surface area contributed by atoms with E-state index >= 15 is 0 Å². The van der Waals surface area contributed by atoms with Crippen molar-refractivity contribution < 1.29 is 21.7 Å². The standard InChI is InChI=1S/C19H17F2N5O3S/c1-10(12-5-3-4-6-13(12)20)17-14(21)7-8-15-18(17)24-19(26-30(15,27)28)22-9-16-23-11(2)25-29-16/h3-8,10H,9H2,1-2H3,(H2,22,24,26)/t10-/m1/s1. The van der Waals surface area contributed by atoms with Crippen molar-refractivity contribution in [1.82, 2.24) is 14.9 Å². The molecule has 0 unspecified atom stereocenters. The maximum Gasteiger partial charge on any atom is 0.266 e. The van der Waals surface area contributed by atoms with Crippen LogP contribution in [-0.2, 0) is 16.6 Å². The molecule has 0 spiro atoms. The van der Waals surface area contributed by atoms with Crippen molar-refractivity contribution >= 4 is 21.7 Å². The molecule has 2 heterocycles. The summed E-state index contributed by atoms with van der Waals surface area (Å²) in [7, 11) is -4.03. The molecular weight excluding hydrogens is 416 g/mol. The number of hydrogen-bond acceptors (Lipinski definition) is 6. The molecule has 0 saturated carbocycles. The number of benzene rings is 2. The lowest BCUT2D eigenvalue weighted by Gasteiger charge is -2.26. The first-order valence-corrected chi connectivity index (χ1v) is 10.4. The van der Waals surface area contributed by atoms with Gasteiger partial charge in [-0.25, -0.2) is 26.9 Å². The van der Waals surface area contributed by atoms with Gasteiger partial charge in [-0.15, -0.1) is 0 Å². The van der Waals surface area contributed by atoms with Gasteiger partial charge in [-0.2, -0.15) is 4.98 Å². The molecule has 3 aromatic rings. The van der Waals surface area contributed by atoms with E-state index in [0.717, 1.165) is 12.1 Å². The van der Waals surface area contributed by atoms with Crippen molar-refractivity contribution in [3.63, 3.8) is 0 Å². The summed E-state index contributed by atoms with van der Waals surface area (Å²) in [4.78, 5) is 7.94. The molecule has 156 valence electrons. The van der Waals surface area contributed by atoms with E-state index in [1.807, 2.05) is 0 Å². The smallest absolute Gasteiger partial charge is 0.266 e. The molecule has 11 heteroatoms. The quantitative estimate of drug-likeness (QED) is 0.655. The van der Waals surface area contributed by atoms with Crippen molar-refractivity contribution in [2.75, 3.05) is 5.32 Å². The summed E-state index contributed by atoms with van der Waals surface area (Å²) in [5.41, 5.74) is 0.260. The molecule has 0 amide bonds. The number of fused-ring (bicyclic) bond motifs is 1. The Kier molecular flexibility index (Phi) is 4.98. The van der Waals surface area contributed by atoms with E-state index in [1.54, 1.807) is 19.9 Å². The van der Waals surface area contributed by atoms with Crippen molar-refractivity contribution in [2.45, 2.75) is 31.2 Å². The summed E-state index contributed by atoms with van der Waals surface area (Å²) in [6.07, 6.45) is 0. The van der Waals surface area contributed by atoms with Crippen LogP contribution in [0.1, 0.15) is 35.7 Å². The summed E-state index contributed by atoms with van der Waals surface area (Å²) in [5, 5.41) is 6.45. The maximum absolute atomic E-state index is 14.8. The van der Waals surface area contributed by atoms with E-state index in [1.165, 1.54) is 18.2 Å². The highest BCUT2D eigenvalue weighted by molar-refractivity contribution is 7.90. The predicted molar refractivity (Wildman–Crippen MR) is 104 cm³/mol. The van der Waals surface area contributed by atoms with Crippen LogP contribution in [0.5, 0.6) is 0 Å². The number of aryl methyl sites for hydroxylation is 1. The first-order valence-electron chi connectivity index (χ1n) is 8.96. The number of rotatable bonds is 4. The van der Waals surface area contributed by atoms with Gasteiger partial charge in [-0.05, 0) is 30.7 Å². The van der Waals surface area contributed by atoms with Crippen LogP contribution in [0, 0.1) is 18.6 Å². The summed E-state index contributed by atoms with van der Waals surface area (Å²) in [6, 6.07) is 8.16. The molecule has 0 saturated heterocycles. The normalized spacial score (nSPS) is 17.1. The van der Waals surface area contributed by atoms with Crippen molar-refractivity contribution in [3.05, 3.63) is 70.9 Å². The molecule has 1 atom stereocenters. The Bertz CT molecular complexity index is 1260. The Morgan fingerprint density at radius 2 is 1.93 bits per heavy atom. The summed E-state index contributed by atoms with van der Waals surface area (Å²) >= 11 is 0. The minimum atomic E-state index is -4.03. The number of anilines is 1. The fraction of sp³-hybridized carbons (Fsp3) is 0.211. The van der Waals surface area contributed by atoms with Crippen LogP contribution in [-0.4, -0.2) is 24.5 Å². The Morgan fingerprint density at radius 1 is 1.17 bits per heavy atom. The van der Waals surface area contributed by atoms with Gasteiger partial charge in [0.2, 0.25) is 11.9 Å². The highest BCUT2D eigenvalue weighted by atomic mass is 32.2. The molecule has 0 fully saturated rings. The van der Waals surface area contributed by atoms with Gasteiger partial charge in [-0.1, -0.05) is 30.3 Å². The second kappa shape index (κ2) is 7.48. The first kappa shape index (κ1) is 20.0. The Labute approximate surface area is 171 Å². The highest BCUT2D eigenvalue weighted by Gasteiger charge is 2.32. The van der Waals surface area contributed by atoms with E-state index in [2.05, 4.69) is 25.2 Å². The van der Waals surface area contributed by atoms with E-state index in [4.69, 9.17) is 4.52 Å². The minimum Gasteiger partial charge on any atom is -0.337 e. The zero-order valence-corrected chi connectivity index (χ0v) is 16.8. The summed E-state index contributed by atoms with van der Waals surface area (Å²) < 4.78 is 61.8. The zero-order valence-electron chi connectivity index (χ0n) is 16.0. The van der Waals surface area contributed by atoms with Gasteiger partial charge in [-0.3, -0.25) is 0 Å². The Hall–Kier alpha value is -3.34. The second-order valence-corrected chi connectivity index (χ2v) is 8.36. The van der Waals surface area contributed by atoms with Crippen LogP contribution in [0.3, 0.4) is 0 Å². The van der Waals surface area contributed by atoms with Crippen LogP contribution >= 0.6 is 0 Å². The van der Waals surface area contributed by atoms with Gasteiger partial charge in [0, 0.05) is 11.5 Å². The van der Waals surface area contributed by atoms with Crippen LogP contribution in [0.4, 0.5) is 14.5 Å². The second-order valence-electron chi connectivity index (χ2n) is 6.71. The number of guanidine groups is 1. The van der Waals surface area contributed by atoms with Crippen LogP contribution in [0.2, 0.25) is 0 Å². The van der Waals surface area contributed by atoms with Gasteiger partial charge >= 0.3 is 0 Å². The van der Waals surface area contributed by atoms with Crippen molar-refractivity contribution in [2.24, 2.45) is 4.99 Å². The van der Waals surface area contributed by atoms with E-state index in [-0.39, 0.29) is 40.1 Å². The number of nitrogens with zero attached hydrogens (tertiary/aromatic N) is 3. The summed E-state index contributed by atoms with van der Waals surface area (Å²) in [5.74, 6) is -1.48. The van der Waals surface area contributed by atoms with Crippen LogP contribution in [0.25, 0.3) is 0 Å². The number of sulfonamides is 1. The SMILES string of the molecule is Cc1noc(CN=C2Nc3c(ccc(F)c3[C@H](C)c3ccccc3F)S(=O)(=O)N2)n1. The van der Waals surface area contributed by atoms with Crippen LogP contribution < -0.4 is 10.0 Å². The van der Waals surface area contributed by atoms with Gasteiger partial charge in [0.15, 0.2) is 5.82 Å². The molecule has 1 aliphatic rings. The molecule has 0 bridgehead atoms. The van der Waals surface area contributed by atoms with Crippen LogP contribution in [0.15, 0.2) is 50.8 Å². The van der Waals surface area contributed by atoms with Crippen molar-refractivity contribution in [3.8, 4) is 0 Å². The maximum atomic E-state index is 14.8. The van der Waals surface area contributed by atoms with Gasteiger partial charge in [0.05, 0.1) is 5.69 Å². The van der Waals surface area contributed by atoms with Gasteiger partial charge in [0.1, 0.15) is 23.1 Å². The fourth-order valence-corrected chi connectivity index (χ4v) is 4.44. The number of aromatic nitrogens is 2. The lowest BCUT2D eigenvalue weighted by Crippen LogP contribution is -2.41. The fourth-order valence-electron chi connectivity index (χ4n) is 3.28. The summed E-state index contributed by atoms with van der Waals surface area (Å²) in [6.45, 7) is 3.15. The minimum absolute atomic E-state index is 0.00460. The number of nitrogens with one attached hydrogen (secondary N) is 2. The Balaban J connectivity index is 1.78. The topological polar surface area (TPSA) is 109 Å². The third-order valence-corrected chi connectivity index (χ3v) is 6.05. The molecule has 4 rings (SSSR count). The predicted octanol–water partition coefficient (Wildman–Crippen LogP) is 3.07.